The summed E-state index contributed by atoms with van der Waals surface area (Å²) in [5, 5.41) is 7.20. The van der Waals surface area contributed by atoms with Crippen molar-refractivity contribution in [2.24, 2.45) is 0 Å². The minimum absolute atomic E-state index is 0.0736. The van der Waals surface area contributed by atoms with Crippen LogP contribution in [-0.2, 0) is 16.7 Å². The van der Waals surface area contributed by atoms with Gasteiger partial charge >= 0.3 is 0 Å². The van der Waals surface area contributed by atoms with Crippen molar-refractivity contribution in [2.45, 2.75) is 52.6 Å². The van der Waals surface area contributed by atoms with Crippen molar-refractivity contribution in [3.63, 3.8) is 0 Å². The maximum atomic E-state index is 12.9. The molecule has 6 heteroatoms. The van der Waals surface area contributed by atoms with Crippen LogP contribution in [0.25, 0.3) is 11.0 Å². The van der Waals surface area contributed by atoms with Crippen LogP contribution in [0.1, 0.15) is 50.5 Å². The second-order valence-electron chi connectivity index (χ2n) is 8.66. The molecule has 160 valence electrons. The van der Waals surface area contributed by atoms with Crippen molar-refractivity contribution in [2.75, 3.05) is 19.0 Å². The number of hydrogen-bond acceptors (Lipinski definition) is 4. The highest BCUT2D eigenvalue weighted by atomic mass is 16.5. The molecule has 3 rings (SSSR count). The quantitative estimate of drug-likeness (QED) is 0.586. The highest BCUT2D eigenvalue weighted by molar-refractivity contribution is 6.06. The van der Waals surface area contributed by atoms with E-state index in [0.29, 0.717) is 12.2 Å². The van der Waals surface area contributed by atoms with E-state index in [0.717, 1.165) is 29.0 Å². The lowest BCUT2D eigenvalue weighted by Gasteiger charge is -2.22. The maximum absolute atomic E-state index is 12.9. The summed E-state index contributed by atoms with van der Waals surface area (Å²) in [5.74, 6) is 0.625. The fourth-order valence-electron chi connectivity index (χ4n) is 3.43. The van der Waals surface area contributed by atoms with Gasteiger partial charge in [0.1, 0.15) is 11.5 Å². The molecule has 0 saturated heterocycles. The number of amides is 1. The molecule has 0 aliphatic rings. The van der Waals surface area contributed by atoms with E-state index >= 15 is 0 Å². The van der Waals surface area contributed by atoms with Crippen LogP contribution < -0.4 is 10.6 Å². The van der Waals surface area contributed by atoms with E-state index in [1.54, 1.807) is 7.11 Å². The normalized spacial score (nSPS) is 12.7. The molecule has 1 amide bonds. The Morgan fingerprint density at radius 2 is 1.87 bits per heavy atom. The van der Waals surface area contributed by atoms with Crippen LogP contribution in [0, 0.1) is 0 Å². The van der Waals surface area contributed by atoms with Gasteiger partial charge in [-0.1, -0.05) is 19.1 Å². The molecule has 1 atom stereocenters. The summed E-state index contributed by atoms with van der Waals surface area (Å²) in [6, 6.07) is 12.1. The number of methoxy groups -OCH3 is 1. The third kappa shape index (κ3) is 4.82. The molecule has 0 radical (unpaired) electrons. The fourth-order valence-corrected chi connectivity index (χ4v) is 3.43. The smallest absolute Gasteiger partial charge is 0.253 e. The number of hydrogen-bond donors (Lipinski definition) is 2. The number of carbonyl (C=O) groups is 1. The van der Waals surface area contributed by atoms with Crippen molar-refractivity contribution < 1.29 is 9.53 Å². The molecule has 0 bridgehead atoms. The molecule has 2 heterocycles. The molecule has 6 nitrogen and oxygen atoms in total. The van der Waals surface area contributed by atoms with Crippen LogP contribution in [0.15, 0.2) is 42.6 Å². The summed E-state index contributed by atoms with van der Waals surface area (Å²) in [4.78, 5) is 17.7. The number of aromatic nitrogens is 2. The van der Waals surface area contributed by atoms with E-state index in [1.807, 2.05) is 25.3 Å². The van der Waals surface area contributed by atoms with Gasteiger partial charge in [-0.05, 0) is 63.9 Å². The molecule has 30 heavy (non-hydrogen) atoms. The van der Waals surface area contributed by atoms with Gasteiger partial charge in [0.05, 0.1) is 12.2 Å². The molecule has 0 aliphatic heterocycles. The van der Waals surface area contributed by atoms with Crippen molar-refractivity contribution in [1.29, 1.82) is 0 Å². The van der Waals surface area contributed by atoms with Crippen LogP contribution in [0.2, 0.25) is 0 Å². The van der Waals surface area contributed by atoms with E-state index in [9.17, 15) is 4.79 Å². The second-order valence-corrected chi connectivity index (χ2v) is 8.66. The number of aryl methyl sites for hydroxylation is 1. The van der Waals surface area contributed by atoms with Gasteiger partial charge in [-0.25, -0.2) is 4.98 Å². The van der Waals surface area contributed by atoms with Crippen LogP contribution in [0.5, 0.6) is 0 Å². The molecule has 2 N–H and O–H groups in total. The minimum Gasteiger partial charge on any atom is -0.383 e. The standard InChI is InChI=1S/C24H32N4O2/c1-7-17-8-10-18(11-9-17)26-21-13-12-19-20(23(29)25-16(2)15-30-6)14-28(22(19)27-21)24(3,4)5/h8-14,16H,7,15H2,1-6H3,(H,25,29)(H,26,27). The van der Waals surface area contributed by atoms with Gasteiger partial charge in [-0.15, -0.1) is 0 Å². The number of benzene rings is 1. The fraction of sp³-hybridized carbons (Fsp3) is 0.417. The highest BCUT2D eigenvalue weighted by Crippen LogP contribution is 2.28. The zero-order chi connectivity index (χ0) is 21.9. The average Bonchev–Trinajstić information content (AvgIpc) is 3.08. The first-order valence-corrected chi connectivity index (χ1v) is 10.4. The molecule has 0 fully saturated rings. The Kier molecular flexibility index (Phi) is 6.46. The lowest BCUT2D eigenvalue weighted by atomic mass is 10.1. The molecule has 0 aliphatic carbocycles. The summed E-state index contributed by atoms with van der Waals surface area (Å²) >= 11 is 0. The van der Waals surface area contributed by atoms with E-state index in [4.69, 9.17) is 9.72 Å². The predicted molar refractivity (Wildman–Crippen MR) is 123 cm³/mol. The Balaban J connectivity index is 1.97. The number of rotatable bonds is 7. The lowest BCUT2D eigenvalue weighted by molar-refractivity contribution is 0.0907. The van der Waals surface area contributed by atoms with E-state index in [1.165, 1.54) is 5.56 Å². The van der Waals surface area contributed by atoms with Gasteiger partial charge < -0.3 is 19.9 Å². The number of nitrogens with zero attached hydrogens (tertiary/aromatic N) is 2. The SMILES string of the molecule is CCc1ccc(Nc2ccc3c(C(=O)NC(C)COC)cn(C(C)(C)C)c3n2)cc1. The van der Waals surface area contributed by atoms with Crippen molar-refractivity contribution >= 4 is 28.4 Å². The Bertz CT molecular complexity index is 1020. The molecule has 2 aromatic heterocycles. The highest BCUT2D eigenvalue weighted by Gasteiger charge is 2.23. The van der Waals surface area contributed by atoms with E-state index < -0.39 is 0 Å². The third-order valence-corrected chi connectivity index (χ3v) is 5.05. The topological polar surface area (TPSA) is 68.2 Å². The molecule has 3 aromatic rings. The maximum Gasteiger partial charge on any atom is 0.253 e. The van der Waals surface area contributed by atoms with Gasteiger partial charge in [-0.2, -0.15) is 0 Å². The summed E-state index contributed by atoms with van der Waals surface area (Å²) in [6.45, 7) is 10.8. The number of anilines is 2. The van der Waals surface area contributed by atoms with Crippen molar-refractivity contribution in [1.82, 2.24) is 14.9 Å². The average molecular weight is 409 g/mol. The van der Waals surface area contributed by atoms with E-state index in [2.05, 4.69) is 67.2 Å². The zero-order valence-electron chi connectivity index (χ0n) is 18.7. The Hall–Kier alpha value is -2.86. The second kappa shape index (κ2) is 8.88. The Morgan fingerprint density at radius 3 is 2.47 bits per heavy atom. The largest absolute Gasteiger partial charge is 0.383 e. The number of carbonyl (C=O) groups excluding carboxylic acids is 1. The first-order chi connectivity index (χ1) is 14.2. The number of fused-ring (bicyclic) bond motifs is 1. The first kappa shape index (κ1) is 21.8. The van der Waals surface area contributed by atoms with Crippen molar-refractivity contribution in [3.05, 3.63) is 53.7 Å². The first-order valence-electron chi connectivity index (χ1n) is 10.4. The lowest BCUT2D eigenvalue weighted by Crippen LogP contribution is -2.35. The Labute approximate surface area is 178 Å². The number of ether oxygens (including phenoxy) is 1. The predicted octanol–water partition coefficient (Wildman–Crippen LogP) is 4.86. The molecule has 1 unspecified atom stereocenters. The molecule has 0 saturated carbocycles. The van der Waals surface area contributed by atoms with Gasteiger partial charge in [0.15, 0.2) is 0 Å². The van der Waals surface area contributed by atoms with Gasteiger partial charge in [0.25, 0.3) is 5.91 Å². The molecular formula is C24H32N4O2. The van der Waals surface area contributed by atoms with Gasteiger partial charge in [0.2, 0.25) is 0 Å². The van der Waals surface area contributed by atoms with Crippen molar-refractivity contribution in [3.8, 4) is 0 Å². The number of pyridine rings is 1. The van der Waals surface area contributed by atoms with E-state index in [-0.39, 0.29) is 17.5 Å². The summed E-state index contributed by atoms with van der Waals surface area (Å²) < 4.78 is 7.19. The monoisotopic (exact) mass is 408 g/mol. The third-order valence-electron chi connectivity index (χ3n) is 5.05. The number of nitrogens with one attached hydrogen (secondary N) is 2. The summed E-state index contributed by atoms with van der Waals surface area (Å²) in [6.07, 6.45) is 2.91. The van der Waals surface area contributed by atoms with Gasteiger partial charge in [-0.3, -0.25) is 4.79 Å². The molecule has 0 spiro atoms. The molecular weight excluding hydrogens is 376 g/mol. The van der Waals surface area contributed by atoms with Gasteiger partial charge in [0, 0.05) is 36.0 Å². The Morgan fingerprint density at radius 1 is 1.17 bits per heavy atom. The van der Waals surface area contributed by atoms with Crippen LogP contribution >= 0.6 is 0 Å². The zero-order valence-corrected chi connectivity index (χ0v) is 18.7. The molecule has 1 aromatic carbocycles. The summed E-state index contributed by atoms with van der Waals surface area (Å²) in [5.41, 5.74) is 3.46. The summed E-state index contributed by atoms with van der Waals surface area (Å²) in [7, 11) is 1.63. The van der Waals surface area contributed by atoms with Crippen LogP contribution in [0.4, 0.5) is 11.5 Å². The minimum atomic E-state index is -0.219. The van der Waals surface area contributed by atoms with Crippen LogP contribution in [-0.4, -0.2) is 35.2 Å². The van der Waals surface area contributed by atoms with Crippen LogP contribution in [0.3, 0.4) is 0 Å².